The van der Waals surface area contributed by atoms with E-state index in [1.807, 2.05) is 24.3 Å². The molecule has 2 aliphatic heterocycles. The van der Waals surface area contributed by atoms with Gasteiger partial charge in [0.05, 0.1) is 14.2 Å². The molecule has 0 saturated carbocycles. The number of fused-ring (bicyclic) bond motifs is 1. The van der Waals surface area contributed by atoms with Gasteiger partial charge in [-0.1, -0.05) is 12.1 Å². The molecule has 0 aromatic heterocycles. The van der Waals surface area contributed by atoms with Crippen molar-refractivity contribution in [3.8, 4) is 23.0 Å². The van der Waals surface area contributed by atoms with Crippen molar-refractivity contribution in [2.75, 3.05) is 40.5 Å². The number of likely N-dealkylation sites (tertiary alicyclic amines) is 1. The predicted molar refractivity (Wildman–Crippen MR) is 146 cm³/mol. The second kappa shape index (κ2) is 12.1. The second-order valence-electron chi connectivity index (χ2n) is 10.3. The quantitative estimate of drug-likeness (QED) is 0.371. The normalized spacial score (nSPS) is 16.6. The van der Waals surface area contributed by atoms with E-state index in [4.69, 9.17) is 23.7 Å². The number of esters is 1. The molecule has 9 heteroatoms. The Bertz CT molecular complexity index is 1320. The van der Waals surface area contributed by atoms with E-state index in [1.54, 1.807) is 37.4 Å². The number of aliphatic hydroxyl groups excluding tert-OH is 1. The summed E-state index contributed by atoms with van der Waals surface area (Å²) in [7, 11) is 2.92. The minimum absolute atomic E-state index is 0.00517. The highest BCUT2D eigenvalue weighted by atomic mass is 19.1. The molecule has 8 nitrogen and oxygen atoms in total. The molecule has 0 aliphatic carbocycles. The van der Waals surface area contributed by atoms with Gasteiger partial charge in [0.1, 0.15) is 59.3 Å². The van der Waals surface area contributed by atoms with Crippen LogP contribution in [-0.4, -0.2) is 68.1 Å². The molecule has 0 amide bonds. The number of nitrogens with zero attached hydrogens (tertiary/aromatic N) is 1. The third-order valence-electron chi connectivity index (χ3n) is 7.45. The number of benzene rings is 3. The average Bonchev–Trinajstić information content (AvgIpc) is 3.33. The Balaban J connectivity index is 1.14. The summed E-state index contributed by atoms with van der Waals surface area (Å²) in [5.74, 6) is 1.54. The second-order valence-corrected chi connectivity index (χ2v) is 10.3. The summed E-state index contributed by atoms with van der Waals surface area (Å²) in [6, 6.07) is 17.1. The van der Waals surface area contributed by atoms with Crippen LogP contribution in [0.2, 0.25) is 0 Å². The van der Waals surface area contributed by atoms with Crippen molar-refractivity contribution < 1.29 is 38.0 Å². The van der Waals surface area contributed by atoms with E-state index in [0.29, 0.717) is 25.3 Å². The van der Waals surface area contributed by atoms with Crippen LogP contribution >= 0.6 is 0 Å². The van der Waals surface area contributed by atoms with Crippen LogP contribution in [0.3, 0.4) is 0 Å². The molecular formula is C31H34FNO7. The third kappa shape index (κ3) is 6.48. The number of ether oxygens (including phenoxy) is 5. The highest BCUT2D eigenvalue weighted by Gasteiger charge is 2.42. The summed E-state index contributed by atoms with van der Waals surface area (Å²) in [6.45, 7) is 2.22. The first-order valence-corrected chi connectivity index (χ1v) is 13.4. The molecule has 2 aliphatic rings. The molecule has 1 saturated heterocycles. The minimum Gasteiger partial charge on any atom is -0.497 e. The number of β-amino-alcohol motifs (C(OH)–C–C–N with tert-alkyl or cyclic N) is 1. The molecule has 0 unspecified atom stereocenters. The van der Waals surface area contributed by atoms with Crippen molar-refractivity contribution in [1.82, 2.24) is 4.90 Å². The number of carbonyl (C=O) groups is 1. The van der Waals surface area contributed by atoms with Crippen LogP contribution in [0.25, 0.3) is 0 Å². The van der Waals surface area contributed by atoms with Crippen LogP contribution in [-0.2, 0) is 17.8 Å². The summed E-state index contributed by atoms with van der Waals surface area (Å²) >= 11 is 0. The van der Waals surface area contributed by atoms with E-state index in [9.17, 15) is 14.3 Å². The van der Waals surface area contributed by atoms with Crippen LogP contribution in [0.1, 0.15) is 34.3 Å². The molecule has 0 bridgehead atoms. The number of aliphatic hydroxyl groups is 1. The summed E-state index contributed by atoms with van der Waals surface area (Å²) < 4.78 is 41.7. The zero-order valence-electron chi connectivity index (χ0n) is 22.7. The molecule has 212 valence electrons. The van der Waals surface area contributed by atoms with Gasteiger partial charge in [0.25, 0.3) is 0 Å². The lowest BCUT2D eigenvalue weighted by molar-refractivity contribution is -0.00205. The van der Waals surface area contributed by atoms with E-state index in [2.05, 4.69) is 4.90 Å². The maximum Gasteiger partial charge on any atom is 0.341 e. The van der Waals surface area contributed by atoms with Gasteiger partial charge in [-0.25, -0.2) is 9.18 Å². The van der Waals surface area contributed by atoms with Crippen LogP contribution < -0.4 is 18.9 Å². The molecule has 1 atom stereocenters. The lowest BCUT2D eigenvalue weighted by Crippen LogP contribution is -2.49. The first-order valence-electron chi connectivity index (χ1n) is 13.4. The number of rotatable bonds is 10. The van der Waals surface area contributed by atoms with Crippen LogP contribution in [0.15, 0.2) is 60.7 Å². The van der Waals surface area contributed by atoms with Gasteiger partial charge in [0.15, 0.2) is 0 Å². The number of methoxy groups -OCH3 is 2. The van der Waals surface area contributed by atoms with Crippen LogP contribution in [0.4, 0.5) is 4.39 Å². The van der Waals surface area contributed by atoms with Crippen molar-refractivity contribution in [3.05, 3.63) is 83.2 Å². The molecule has 1 fully saturated rings. The Morgan fingerprint density at radius 2 is 1.77 bits per heavy atom. The van der Waals surface area contributed by atoms with E-state index >= 15 is 0 Å². The van der Waals surface area contributed by atoms with Gasteiger partial charge >= 0.3 is 5.97 Å². The number of hydrogen-bond acceptors (Lipinski definition) is 8. The minimum atomic E-state index is -0.779. The van der Waals surface area contributed by atoms with E-state index in [0.717, 1.165) is 48.6 Å². The first kappa shape index (κ1) is 27.7. The van der Waals surface area contributed by atoms with Gasteiger partial charge < -0.3 is 33.7 Å². The smallest absolute Gasteiger partial charge is 0.341 e. The SMILES string of the molecule is COC(=O)c1ccc(OCc2ccc(OC)cc2)cc1OC[C@@H](O)CN1CCC2(CC1)Cc1cc(F)ccc1O2. The fourth-order valence-corrected chi connectivity index (χ4v) is 5.24. The Kier molecular flexibility index (Phi) is 8.42. The van der Waals surface area contributed by atoms with E-state index < -0.39 is 12.1 Å². The largest absolute Gasteiger partial charge is 0.497 e. The highest BCUT2D eigenvalue weighted by molar-refractivity contribution is 5.92. The standard InChI is InChI=1S/C31H34FNO7/c1-36-25-6-3-21(4-7-25)19-38-26-8-9-27(30(35)37-2)29(16-26)39-20-24(34)18-33-13-11-31(12-14-33)17-22-15-23(32)5-10-28(22)40-31/h3-10,15-16,24,34H,11-14,17-20H2,1-2H3/t24-/m0/s1. The van der Waals surface area contributed by atoms with Crippen molar-refractivity contribution in [2.24, 2.45) is 0 Å². The number of carbonyl (C=O) groups excluding carboxylic acids is 1. The number of hydrogen-bond donors (Lipinski definition) is 1. The van der Waals surface area contributed by atoms with Gasteiger partial charge in [-0.2, -0.15) is 0 Å². The zero-order valence-corrected chi connectivity index (χ0v) is 22.7. The zero-order chi connectivity index (χ0) is 28.1. The van der Waals surface area contributed by atoms with Gasteiger partial charge in [-0.3, -0.25) is 0 Å². The lowest BCUT2D eigenvalue weighted by atomic mass is 9.87. The first-order chi connectivity index (χ1) is 19.4. The fraction of sp³-hybridized carbons (Fsp3) is 0.387. The summed E-state index contributed by atoms with van der Waals surface area (Å²) in [4.78, 5) is 14.5. The fourth-order valence-electron chi connectivity index (χ4n) is 5.24. The van der Waals surface area contributed by atoms with Gasteiger partial charge in [0, 0.05) is 50.5 Å². The van der Waals surface area contributed by atoms with Crippen molar-refractivity contribution in [1.29, 1.82) is 0 Å². The Morgan fingerprint density at radius 3 is 2.50 bits per heavy atom. The molecule has 0 radical (unpaired) electrons. The van der Waals surface area contributed by atoms with E-state index in [-0.39, 0.29) is 29.3 Å². The Morgan fingerprint density at radius 1 is 1.02 bits per heavy atom. The summed E-state index contributed by atoms with van der Waals surface area (Å²) in [5.41, 5.74) is 1.81. The topological polar surface area (TPSA) is 86.7 Å². The maximum atomic E-state index is 13.6. The number of piperidine rings is 1. The van der Waals surface area contributed by atoms with Crippen molar-refractivity contribution >= 4 is 5.97 Å². The molecule has 3 aromatic carbocycles. The molecule has 2 heterocycles. The van der Waals surface area contributed by atoms with E-state index in [1.165, 1.54) is 13.2 Å². The molecule has 1 N–H and O–H groups in total. The third-order valence-corrected chi connectivity index (χ3v) is 7.45. The maximum absolute atomic E-state index is 13.6. The number of halogens is 1. The molecule has 1 spiro atoms. The highest BCUT2D eigenvalue weighted by Crippen LogP contribution is 2.41. The van der Waals surface area contributed by atoms with Gasteiger partial charge in [0.2, 0.25) is 0 Å². The lowest BCUT2D eigenvalue weighted by Gasteiger charge is -2.39. The van der Waals surface area contributed by atoms with Crippen LogP contribution in [0, 0.1) is 5.82 Å². The molecule has 5 rings (SSSR count). The Hall–Kier alpha value is -3.82. The molecule has 3 aromatic rings. The monoisotopic (exact) mass is 551 g/mol. The Labute approximate surface area is 233 Å². The predicted octanol–water partition coefficient (Wildman–Crippen LogP) is 4.41. The molecular weight excluding hydrogens is 517 g/mol. The average molecular weight is 552 g/mol. The molecule has 40 heavy (non-hydrogen) atoms. The van der Waals surface area contributed by atoms with Gasteiger partial charge in [-0.05, 0) is 48.0 Å². The summed E-state index contributed by atoms with van der Waals surface area (Å²) in [5, 5.41) is 10.7. The van der Waals surface area contributed by atoms with Crippen molar-refractivity contribution in [2.45, 2.75) is 37.6 Å². The van der Waals surface area contributed by atoms with Crippen LogP contribution in [0.5, 0.6) is 23.0 Å². The van der Waals surface area contributed by atoms with Gasteiger partial charge in [-0.15, -0.1) is 0 Å². The van der Waals surface area contributed by atoms with Crippen molar-refractivity contribution in [3.63, 3.8) is 0 Å². The summed E-state index contributed by atoms with van der Waals surface area (Å²) in [6.07, 6.45) is 1.50.